The third-order valence-corrected chi connectivity index (χ3v) is 6.43. The summed E-state index contributed by atoms with van der Waals surface area (Å²) in [6.07, 6.45) is 5.14. The van der Waals surface area contributed by atoms with Crippen molar-refractivity contribution in [3.8, 4) is 0 Å². The number of nitrogens with two attached hydrogens (primary N) is 1. The number of fused-ring (bicyclic) bond motifs is 2. The highest BCUT2D eigenvalue weighted by Crippen LogP contribution is 2.47. The van der Waals surface area contributed by atoms with Crippen molar-refractivity contribution in [1.29, 1.82) is 0 Å². The Morgan fingerprint density at radius 3 is 2.52 bits per heavy atom. The molecule has 3 N–H and O–H groups in total. The minimum absolute atomic E-state index is 0.0290. The van der Waals surface area contributed by atoms with Crippen LogP contribution in [-0.2, 0) is 22.3 Å². The molecular formula is C16H24N2O2S. The molecule has 2 aliphatic rings. The van der Waals surface area contributed by atoms with Gasteiger partial charge in [0, 0.05) is 13.1 Å². The Balaban J connectivity index is 1.59. The Morgan fingerprint density at radius 1 is 1.14 bits per heavy atom. The van der Waals surface area contributed by atoms with Crippen LogP contribution in [0.5, 0.6) is 0 Å². The van der Waals surface area contributed by atoms with Gasteiger partial charge >= 0.3 is 0 Å². The van der Waals surface area contributed by atoms with Gasteiger partial charge in [0.2, 0.25) is 10.0 Å². The van der Waals surface area contributed by atoms with E-state index in [1.807, 2.05) is 24.3 Å². The molecule has 5 heteroatoms. The fourth-order valence-corrected chi connectivity index (χ4v) is 5.27. The largest absolute Gasteiger partial charge is 0.326 e. The summed E-state index contributed by atoms with van der Waals surface area (Å²) in [4.78, 5) is 0. The molecule has 2 aliphatic carbocycles. The molecule has 0 aliphatic heterocycles. The average Bonchev–Trinajstić information content (AvgIpc) is 3.08. The second-order valence-electron chi connectivity index (χ2n) is 6.52. The maximum absolute atomic E-state index is 12.3. The molecule has 2 bridgehead atoms. The third-order valence-electron chi connectivity index (χ3n) is 5.13. The maximum Gasteiger partial charge on any atom is 0.215 e. The second-order valence-corrected chi connectivity index (χ2v) is 8.32. The maximum atomic E-state index is 12.3. The molecule has 0 radical (unpaired) electrons. The fourth-order valence-electron chi connectivity index (χ4n) is 4.01. The van der Waals surface area contributed by atoms with Crippen molar-refractivity contribution < 1.29 is 8.42 Å². The van der Waals surface area contributed by atoms with Gasteiger partial charge in [-0.15, -0.1) is 0 Å². The first-order valence-electron chi connectivity index (χ1n) is 7.81. The van der Waals surface area contributed by atoms with Gasteiger partial charge in [0.1, 0.15) is 0 Å². The second kappa shape index (κ2) is 6.07. The quantitative estimate of drug-likeness (QED) is 0.844. The van der Waals surface area contributed by atoms with E-state index in [-0.39, 0.29) is 5.75 Å². The summed E-state index contributed by atoms with van der Waals surface area (Å²) < 4.78 is 27.4. The van der Waals surface area contributed by atoms with Gasteiger partial charge in [-0.3, -0.25) is 0 Å². The zero-order chi connectivity index (χ0) is 14.9. The van der Waals surface area contributed by atoms with Crippen LogP contribution < -0.4 is 10.5 Å². The summed E-state index contributed by atoms with van der Waals surface area (Å²) >= 11 is 0. The molecule has 1 aromatic carbocycles. The topological polar surface area (TPSA) is 72.2 Å². The lowest BCUT2D eigenvalue weighted by Crippen LogP contribution is -2.32. The highest BCUT2D eigenvalue weighted by atomic mass is 32.2. The number of sulfonamides is 1. The summed E-state index contributed by atoms with van der Waals surface area (Å²) in [5.74, 6) is 2.17. The van der Waals surface area contributed by atoms with Gasteiger partial charge in [-0.2, -0.15) is 0 Å². The lowest BCUT2D eigenvalue weighted by atomic mass is 9.89. The van der Waals surface area contributed by atoms with Gasteiger partial charge in [-0.1, -0.05) is 30.7 Å². The average molecular weight is 308 g/mol. The molecule has 0 saturated heterocycles. The molecule has 0 heterocycles. The van der Waals surface area contributed by atoms with Crippen molar-refractivity contribution >= 4 is 10.0 Å². The Labute approximate surface area is 127 Å². The van der Waals surface area contributed by atoms with Crippen LogP contribution in [0.4, 0.5) is 0 Å². The van der Waals surface area contributed by atoms with E-state index in [0.717, 1.165) is 23.0 Å². The number of hydrogen-bond donors (Lipinski definition) is 2. The van der Waals surface area contributed by atoms with Crippen LogP contribution in [0.1, 0.15) is 36.8 Å². The molecule has 4 nitrogen and oxygen atoms in total. The summed E-state index contributed by atoms with van der Waals surface area (Å²) in [5, 5.41) is 0. The molecule has 3 unspecified atom stereocenters. The summed E-state index contributed by atoms with van der Waals surface area (Å²) in [7, 11) is -3.28. The van der Waals surface area contributed by atoms with Crippen LogP contribution in [0.2, 0.25) is 0 Å². The minimum Gasteiger partial charge on any atom is -0.326 e. The van der Waals surface area contributed by atoms with E-state index in [9.17, 15) is 8.42 Å². The molecule has 0 aromatic heterocycles. The normalized spacial score (nSPS) is 28.1. The molecule has 2 fully saturated rings. The Bertz CT molecular complexity index is 600. The van der Waals surface area contributed by atoms with Crippen molar-refractivity contribution in [2.45, 2.75) is 38.0 Å². The summed E-state index contributed by atoms with van der Waals surface area (Å²) in [6.45, 7) is 0.979. The highest BCUT2D eigenvalue weighted by molar-refractivity contribution is 7.88. The number of benzene rings is 1. The first-order chi connectivity index (χ1) is 10.1. The van der Waals surface area contributed by atoms with E-state index in [1.54, 1.807) is 0 Å². The standard InChI is InChI=1S/C16H24N2O2S/c17-9-14-3-1-2-4-15(14)11-21(19,20)18-10-16-8-12-5-6-13(16)7-12/h1-4,12-13,16,18H,5-11,17H2. The SMILES string of the molecule is NCc1ccccc1CS(=O)(=O)NCC1CC2CCC1C2. The van der Waals surface area contributed by atoms with Crippen molar-refractivity contribution in [1.82, 2.24) is 4.72 Å². The van der Waals surface area contributed by atoms with Crippen LogP contribution in [0.25, 0.3) is 0 Å². The van der Waals surface area contributed by atoms with Crippen LogP contribution >= 0.6 is 0 Å². The monoisotopic (exact) mass is 308 g/mol. The van der Waals surface area contributed by atoms with Crippen LogP contribution in [0.15, 0.2) is 24.3 Å². The van der Waals surface area contributed by atoms with E-state index in [4.69, 9.17) is 5.73 Å². The van der Waals surface area contributed by atoms with Crippen LogP contribution in [-0.4, -0.2) is 15.0 Å². The Morgan fingerprint density at radius 2 is 1.90 bits per heavy atom. The van der Waals surface area contributed by atoms with Gasteiger partial charge in [0.15, 0.2) is 0 Å². The smallest absolute Gasteiger partial charge is 0.215 e. The molecule has 3 rings (SSSR count). The van der Waals surface area contributed by atoms with Gasteiger partial charge < -0.3 is 5.73 Å². The van der Waals surface area contributed by atoms with E-state index in [0.29, 0.717) is 19.0 Å². The Hall–Kier alpha value is -0.910. The predicted octanol–water partition coefficient (Wildman–Crippen LogP) is 2.00. The van der Waals surface area contributed by atoms with Gasteiger partial charge in [-0.05, 0) is 48.1 Å². The lowest BCUT2D eigenvalue weighted by Gasteiger charge is -2.22. The van der Waals surface area contributed by atoms with Crippen molar-refractivity contribution in [3.05, 3.63) is 35.4 Å². The molecular weight excluding hydrogens is 284 g/mol. The number of hydrogen-bond acceptors (Lipinski definition) is 3. The molecule has 1 aromatic rings. The summed E-state index contributed by atoms with van der Waals surface area (Å²) in [5.41, 5.74) is 7.38. The van der Waals surface area contributed by atoms with Gasteiger partial charge in [0.05, 0.1) is 5.75 Å². The Kier molecular flexibility index (Phi) is 4.33. The zero-order valence-electron chi connectivity index (χ0n) is 12.3. The van der Waals surface area contributed by atoms with Crippen LogP contribution in [0.3, 0.4) is 0 Å². The fraction of sp³-hybridized carbons (Fsp3) is 0.625. The first-order valence-corrected chi connectivity index (χ1v) is 9.47. The first kappa shape index (κ1) is 15.0. The van der Waals surface area contributed by atoms with Crippen molar-refractivity contribution in [2.24, 2.45) is 23.5 Å². The van der Waals surface area contributed by atoms with E-state index < -0.39 is 10.0 Å². The van der Waals surface area contributed by atoms with E-state index in [1.165, 1.54) is 25.7 Å². The van der Waals surface area contributed by atoms with Gasteiger partial charge in [-0.25, -0.2) is 13.1 Å². The molecule has 21 heavy (non-hydrogen) atoms. The molecule has 116 valence electrons. The predicted molar refractivity (Wildman–Crippen MR) is 83.9 cm³/mol. The third kappa shape index (κ3) is 3.47. The highest BCUT2D eigenvalue weighted by Gasteiger charge is 2.39. The minimum atomic E-state index is -3.28. The zero-order valence-corrected chi connectivity index (χ0v) is 13.1. The number of nitrogens with one attached hydrogen (secondary N) is 1. The molecule has 2 saturated carbocycles. The molecule has 0 amide bonds. The van der Waals surface area contributed by atoms with Crippen LogP contribution in [0, 0.1) is 17.8 Å². The summed E-state index contributed by atoms with van der Waals surface area (Å²) in [6, 6.07) is 7.49. The van der Waals surface area contributed by atoms with Gasteiger partial charge in [0.25, 0.3) is 0 Å². The molecule has 3 atom stereocenters. The van der Waals surface area contributed by atoms with Crippen molar-refractivity contribution in [3.63, 3.8) is 0 Å². The molecule has 0 spiro atoms. The van der Waals surface area contributed by atoms with E-state index >= 15 is 0 Å². The number of rotatable bonds is 6. The lowest BCUT2D eigenvalue weighted by molar-refractivity contribution is 0.332. The van der Waals surface area contributed by atoms with E-state index in [2.05, 4.69) is 4.72 Å². The van der Waals surface area contributed by atoms with Crippen molar-refractivity contribution in [2.75, 3.05) is 6.54 Å².